The molecule has 198 valence electrons. The van der Waals surface area contributed by atoms with E-state index in [0.717, 1.165) is 11.5 Å². The van der Waals surface area contributed by atoms with E-state index in [1.54, 1.807) is 0 Å². The third kappa shape index (κ3) is 6.97. The molecule has 0 saturated carbocycles. The molecule has 2 aromatic carbocycles. The number of Topliss-reactive ketones (excluding diaryl/α,β-unsaturated/α-hetero) is 2. The first-order valence-corrected chi connectivity index (χ1v) is 18.7. The van der Waals surface area contributed by atoms with Crippen LogP contribution in [0.1, 0.15) is 76.1 Å². The number of hydrogen-bond donors (Lipinski definition) is 0. The van der Waals surface area contributed by atoms with E-state index in [1.807, 2.05) is 62.4 Å². The molecule has 0 spiro atoms. The van der Waals surface area contributed by atoms with Gasteiger partial charge in [0.15, 0.2) is 11.6 Å². The monoisotopic (exact) mass is 526 g/mol. The molecular formula is C30H46O4Si2. The number of carbonyl (C=O) groups excluding carboxylic acids is 2. The summed E-state index contributed by atoms with van der Waals surface area (Å²) in [7, 11) is -3.89. The lowest BCUT2D eigenvalue weighted by Crippen LogP contribution is -2.43. The maximum Gasteiger partial charge on any atom is 0.250 e. The van der Waals surface area contributed by atoms with E-state index in [9.17, 15) is 9.59 Å². The van der Waals surface area contributed by atoms with Gasteiger partial charge in [-0.3, -0.25) is 9.59 Å². The lowest BCUT2D eigenvalue weighted by Gasteiger charge is -2.36. The number of rotatable bonds is 9. The van der Waals surface area contributed by atoms with Crippen molar-refractivity contribution < 1.29 is 18.4 Å². The van der Waals surface area contributed by atoms with Gasteiger partial charge in [0.2, 0.25) is 16.6 Å². The maximum atomic E-state index is 13.2. The van der Waals surface area contributed by atoms with Crippen LogP contribution in [-0.4, -0.2) is 28.2 Å². The smallest absolute Gasteiger partial charge is 0.250 e. The molecule has 0 radical (unpaired) electrons. The Morgan fingerprint density at radius 2 is 0.833 bits per heavy atom. The molecule has 0 aromatic heterocycles. The summed E-state index contributed by atoms with van der Waals surface area (Å²) in [5, 5.41) is 0.196. The average Bonchev–Trinajstić information content (AvgIpc) is 2.76. The molecule has 0 aliphatic carbocycles. The average molecular weight is 527 g/mol. The van der Waals surface area contributed by atoms with E-state index in [0.29, 0.717) is 11.1 Å². The predicted octanol–water partition coefficient (Wildman–Crippen LogP) is 8.79. The van der Waals surface area contributed by atoms with Crippen molar-refractivity contribution in [3.63, 3.8) is 0 Å². The molecule has 0 unspecified atom stereocenters. The second kappa shape index (κ2) is 10.7. The fourth-order valence-electron chi connectivity index (χ4n) is 3.25. The summed E-state index contributed by atoms with van der Waals surface area (Å²) in [4.78, 5) is 26.4. The minimum Gasteiger partial charge on any atom is -0.544 e. The molecule has 2 atom stereocenters. The quantitative estimate of drug-likeness (QED) is 0.242. The Bertz CT molecular complexity index is 969. The number of ketones is 2. The zero-order valence-electron chi connectivity index (χ0n) is 24.4. The summed E-state index contributed by atoms with van der Waals surface area (Å²) in [6, 6.07) is 14.7. The predicted molar refractivity (Wildman–Crippen MR) is 156 cm³/mol. The van der Waals surface area contributed by atoms with Gasteiger partial charge in [-0.2, -0.15) is 0 Å². The normalized spacial score (nSPS) is 14.7. The lowest BCUT2D eigenvalue weighted by atomic mass is 9.83. The van der Waals surface area contributed by atoms with Gasteiger partial charge in [-0.15, -0.1) is 0 Å². The molecule has 36 heavy (non-hydrogen) atoms. The Morgan fingerprint density at radius 1 is 0.583 bits per heavy atom. The fourth-order valence-corrected chi connectivity index (χ4v) is 5.31. The Hall–Kier alpha value is -2.19. The van der Waals surface area contributed by atoms with Crippen LogP contribution >= 0.6 is 0 Å². The summed E-state index contributed by atoms with van der Waals surface area (Å²) in [6.07, 6.45) is 0. The molecule has 0 N–H and O–H groups in total. The fraction of sp³-hybridized carbons (Fsp3) is 0.533. The van der Waals surface area contributed by atoms with E-state index < -0.39 is 28.5 Å². The van der Waals surface area contributed by atoms with Crippen molar-refractivity contribution in [2.45, 2.75) is 91.7 Å². The van der Waals surface area contributed by atoms with E-state index in [4.69, 9.17) is 8.85 Å². The third-order valence-electron chi connectivity index (χ3n) is 8.21. The van der Waals surface area contributed by atoms with Crippen molar-refractivity contribution in [1.29, 1.82) is 0 Å². The van der Waals surface area contributed by atoms with Gasteiger partial charge in [0.25, 0.3) is 0 Å². The van der Waals surface area contributed by atoms with Crippen LogP contribution in [0.4, 0.5) is 0 Å². The topological polar surface area (TPSA) is 52.6 Å². The highest BCUT2D eigenvalue weighted by Crippen LogP contribution is 2.38. The molecule has 2 rings (SSSR count). The van der Waals surface area contributed by atoms with Crippen molar-refractivity contribution in [3.05, 3.63) is 59.7 Å². The van der Waals surface area contributed by atoms with Crippen LogP contribution in [0.3, 0.4) is 0 Å². The molecule has 0 bridgehead atoms. The van der Waals surface area contributed by atoms with Crippen molar-refractivity contribution in [2.75, 3.05) is 0 Å². The Labute approximate surface area is 221 Å². The summed E-state index contributed by atoms with van der Waals surface area (Å²) < 4.78 is 12.7. The first-order chi connectivity index (χ1) is 16.3. The van der Waals surface area contributed by atoms with E-state index in [-0.39, 0.29) is 21.6 Å². The molecule has 0 heterocycles. The second-order valence-corrected chi connectivity index (χ2v) is 22.5. The summed E-state index contributed by atoms with van der Waals surface area (Å²) in [5.41, 5.74) is 1.20. The molecular weight excluding hydrogens is 480 g/mol. The number of hydrogen-bond acceptors (Lipinski definition) is 4. The molecule has 0 aliphatic heterocycles. The van der Waals surface area contributed by atoms with Crippen LogP contribution in [0, 0.1) is 11.8 Å². The van der Waals surface area contributed by atoms with Crippen LogP contribution in [0.2, 0.25) is 36.3 Å². The molecule has 0 saturated heterocycles. The summed E-state index contributed by atoms with van der Waals surface area (Å²) in [6.45, 7) is 25.7. The Balaban J connectivity index is 2.09. The van der Waals surface area contributed by atoms with Gasteiger partial charge in [-0.1, -0.05) is 55.4 Å². The minimum atomic E-state index is -1.95. The zero-order valence-corrected chi connectivity index (χ0v) is 26.4. The summed E-state index contributed by atoms with van der Waals surface area (Å²) >= 11 is 0. The van der Waals surface area contributed by atoms with Gasteiger partial charge in [0.05, 0.1) is 0 Å². The highest BCUT2D eigenvalue weighted by Gasteiger charge is 2.40. The van der Waals surface area contributed by atoms with Crippen LogP contribution in [0.5, 0.6) is 11.5 Å². The van der Waals surface area contributed by atoms with Crippen molar-refractivity contribution in [3.8, 4) is 11.5 Å². The van der Waals surface area contributed by atoms with Crippen LogP contribution in [0.25, 0.3) is 0 Å². The lowest BCUT2D eigenvalue weighted by molar-refractivity contribution is 0.0794. The molecule has 4 nitrogen and oxygen atoms in total. The van der Waals surface area contributed by atoms with Gasteiger partial charge in [0, 0.05) is 23.0 Å². The van der Waals surface area contributed by atoms with Gasteiger partial charge in [-0.05, 0) is 84.8 Å². The first kappa shape index (κ1) is 30.0. The Kier molecular flexibility index (Phi) is 8.90. The standard InChI is InChI=1S/C30H46O4Si2/c1-21(27(31)23-13-17-25(18-14-23)33-35(9,10)29(3,4)5)22(2)28(32)24-15-19-26(20-16-24)34-36(11,12)30(6,7)8/h13-22H,1-12H3/t21-,22+. The SMILES string of the molecule is C[C@H](C(=O)c1ccc(O[Si](C)(C)C(C)(C)C)cc1)[C@@H](C)C(=O)c1ccc(O[Si](C)(C)C(C)(C)C)cc1. The van der Waals surface area contributed by atoms with Gasteiger partial charge < -0.3 is 8.85 Å². The number of carbonyl (C=O) groups is 2. The minimum absolute atomic E-state index is 0.0346. The van der Waals surface area contributed by atoms with Crippen LogP contribution in [-0.2, 0) is 0 Å². The van der Waals surface area contributed by atoms with Crippen LogP contribution < -0.4 is 8.85 Å². The highest BCUT2D eigenvalue weighted by molar-refractivity contribution is 6.75. The molecule has 0 amide bonds. The van der Waals surface area contributed by atoms with Crippen LogP contribution in [0.15, 0.2) is 48.5 Å². The highest BCUT2D eigenvalue weighted by atomic mass is 28.4. The van der Waals surface area contributed by atoms with Crippen molar-refractivity contribution in [1.82, 2.24) is 0 Å². The maximum absolute atomic E-state index is 13.2. The first-order valence-electron chi connectivity index (χ1n) is 12.9. The van der Waals surface area contributed by atoms with E-state index in [1.165, 1.54) is 0 Å². The van der Waals surface area contributed by atoms with Gasteiger partial charge >= 0.3 is 0 Å². The van der Waals surface area contributed by atoms with Crippen molar-refractivity contribution >= 4 is 28.2 Å². The summed E-state index contributed by atoms with van der Waals surface area (Å²) in [5.74, 6) is 0.630. The third-order valence-corrected chi connectivity index (χ3v) is 16.9. The van der Waals surface area contributed by atoms with Gasteiger partial charge in [0.1, 0.15) is 11.5 Å². The molecule has 6 heteroatoms. The van der Waals surface area contributed by atoms with Crippen molar-refractivity contribution in [2.24, 2.45) is 11.8 Å². The molecule has 2 aromatic rings. The second-order valence-electron chi connectivity index (χ2n) is 13.1. The van der Waals surface area contributed by atoms with E-state index >= 15 is 0 Å². The largest absolute Gasteiger partial charge is 0.544 e. The molecule has 0 aliphatic rings. The molecule has 0 fully saturated rings. The van der Waals surface area contributed by atoms with E-state index in [2.05, 4.69) is 67.7 Å². The number of benzene rings is 2. The van der Waals surface area contributed by atoms with Gasteiger partial charge in [-0.25, -0.2) is 0 Å². The Morgan fingerprint density at radius 3 is 1.06 bits per heavy atom. The zero-order chi connectivity index (χ0) is 27.7.